The van der Waals surface area contributed by atoms with Gasteiger partial charge in [0.05, 0.1) is 22.6 Å². The van der Waals surface area contributed by atoms with Gasteiger partial charge >= 0.3 is 0 Å². The van der Waals surface area contributed by atoms with Crippen LogP contribution in [0.2, 0.25) is 5.02 Å². The van der Waals surface area contributed by atoms with Gasteiger partial charge in [-0.2, -0.15) is 0 Å². The maximum absolute atomic E-state index is 13.6. The molecule has 1 saturated heterocycles. The molecule has 1 aromatic heterocycles. The number of benzene rings is 3. The highest BCUT2D eigenvalue weighted by Gasteiger charge is 2.28. The van der Waals surface area contributed by atoms with E-state index in [0.29, 0.717) is 41.3 Å². The molecule has 0 saturated carbocycles. The van der Waals surface area contributed by atoms with Crippen LogP contribution < -0.4 is 5.56 Å². The molecule has 2 heterocycles. The van der Waals surface area contributed by atoms with E-state index in [0.717, 1.165) is 25.2 Å². The number of aromatic nitrogens is 2. The van der Waals surface area contributed by atoms with Crippen molar-refractivity contribution in [2.75, 3.05) is 26.2 Å². The number of carbonyl (C=O) groups excluding carboxylic acids is 1. The summed E-state index contributed by atoms with van der Waals surface area (Å²) in [6, 6.07) is 24.7. The molecule has 36 heavy (non-hydrogen) atoms. The molecular formula is C29H29ClN4O2. The quantitative estimate of drug-likeness (QED) is 0.379. The summed E-state index contributed by atoms with van der Waals surface area (Å²) >= 11 is 6.11. The Hall–Kier alpha value is -3.48. The van der Waals surface area contributed by atoms with Gasteiger partial charge in [-0.25, -0.2) is 4.98 Å². The first-order valence-corrected chi connectivity index (χ1v) is 12.7. The van der Waals surface area contributed by atoms with Gasteiger partial charge in [-0.3, -0.25) is 19.1 Å². The molecule has 0 aliphatic carbocycles. The van der Waals surface area contributed by atoms with Crippen LogP contribution in [0.1, 0.15) is 30.8 Å². The highest BCUT2D eigenvalue weighted by molar-refractivity contribution is 6.30. The molecule has 0 N–H and O–H groups in total. The normalized spacial score (nSPS) is 15.2. The fraction of sp³-hybridized carbons (Fsp3) is 0.276. The van der Waals surface area contributed by atoms with Crippen molar-refractivity contribution in [3.63, 3.8) is 0 Å². The van der Waals surface area contributed by atoms with Crippen molar-refractivity contribution < 1.29 is 4.79 Å². The SMILES string of the molecule is CC(c1nc2ccccc2c(=O)n1-c1ccc(Cl)cc1)N1CCN(C(=O)CCc2ccccc2)CC1. The minimum Gasteiger partial charge on any atom is -0.340 e. The number of nitrogens with zero attached hydrogens (tertiary/aromatic N) is 4. The van der Waals surface area contributed by atoms with Gasteiger partial charge in [0.2, 0.25) is 5.91 Å². The molecular weight excluding hydrogens is 472 g/mol. The summed E-state index contributed by atoms with van der Waals surface area (Å²) in [6.45, 7) is 4.85. The van der Waals surface area contributed by atoms with Crippen LogP contribution in [0.25, 0.3) is 16.6 Å². The maximum atomic E-state index is 13.6. The minimum atomic E-state index is -0.112. The Labute approximate surface area is 215 Å². The van der Waals surface area contributed by atoms with Crippen molar-refractivity contribution in [3.05, 3.63) is 106 Å². The van der Waals surface area contributed by atoms with Crippen molar-refractivity contribution in [2.45, 2.75) is 25.8 Å². The van der Waals surface area contributed by atoms with Crippen LogP contribution in [0.5, 0.6) is 0 Å². The van der Waals surface area contributed by atoms with Gasteiger partial charge < -0.3 is 4.90 Å². The first kappa shape index (κ1) is 24.2. The lowest BCUT2D eigenvalue weighted by atomic mass is 10.1. The second-order valence-electron chi connectivity index (χ2n) is 9.18. The number of para-hydroxylation sites is 1. The first-order chi connectivity index (χ1) is 17.5. The predicted octanol–water partition coefficient (Wildman–Crippen LogP) is 4.88. The van der Waals surface area contributed by atoms with E-state index in [9.17, 15) is 9.59 Å². The molecule has 1 fully saturated rings. The summed E-state index contributed by atoms with van der Waals surface area (Å²) in [6.07, 6.45) is 1.27. The van der Waals surface area contributed by atoms with E-state index in [1.54, 1.807) is 16.7 Å². The van der Waals surface area contributed by atoms with E-state index in [1.807, 2.05) is 59.5 Å². The average Bonchev–Trinajstić information content (AvgIpc) is 2.92. The second-order valence-corrected chi connectivity index (χ2v) is 9.62. The summed E-state index contributed by atoms with van der Waals surface area (Å²) in [4.78, 5) is 35.6. The van der Waals surface area contributed by atoms with Gasteiger partial charge in [0.25, 0.3) is 5.56 Å². The summed E-state index contributed by atoms with van der Waals surface area (Å²) in [7, 11) is 0. The third-order valence-electron chi connectivity index (χ3n) is 6.95. The monoisotopic (exact) mass is 500 g/mol. The van der Waals surface area contributed by atoms with Gasteiger partial charge in [-0.1, -0.05) is 54.1 Å². The Morgan fingerprint density at radius 1 is 0.917 bits per heavy atom. The predicted molar refractivity (Wildman–Crippen MR) is 144 cm³/mol. The molecule has 1 aliphatic heterocycles. The molecule has 4 aromatic rings. The number of piperazine rings is 1. The van der Waals surface area contributed by atoms with Crippen molar-refractivity contribution >= 4 is 28.4 Å². The molecule has 5 rings (SSSR count). The van der Waals surface area contributed by atoms with Crippen LogP contribution in [-0.2, 0) is 11.2 Å². The fourth-order valence-electron chi connectivity index (χ4n) is 4.85. The van der Waals surface area contributed by atoms with E-state index >= 15 is 0 Å². The Kier molecular flexibility index (Phi) is 7.16. The van der Waals surface area contributed by atoms with Crippen molar-refractivity contribution in [3.8, 4) is 5.69 Å². The highest BCUT2D eigenvalue weighted by atomic mass is 35.5. The maximum Gasteiger partial charge on any atom is 0.266 e. The third kappa shape index (κ3) is 5.06. The van der Waals surface area contributed by atoms with E-state index in [4.69, 9.17) is 16.6 Å². The smallest absolute Gasteiger partial charge is 0.266 e. The van der Waals surface area contributed by atoms with Crippen molar-refractivity contribution in [1.82, 2.24) is 19.4 Å². The topological polar surface area (TPSA) is 58.4 Å². The number of hydrogen-bond donors (Lipinski definition) is 0. The molecule has 0 spiro atoms. The number of amides is 1. The zero-order valence-electron chi connectivity index (χ0n) is 20.3. The number of fused-ring (bicyclic) bond motifs is 1. The Balaban J connectivity index is 1.35. The lowest BCUT2D eigenvalue weighted by molar-refractivity contribution is -0.133. The first-order valence-electron chi connectivity index (χ1n) is 12.3. The Morgan fingerprint density at radius 3 is 2.31 bits per heavy atom. The van der Waals surface area contributed by atoms with Crippen LogP contribution in [0.3, 0.4) is 0 Å². The number of carbonyl (C=O) groups is 1. The summed E-state index contributed by atoms with van der Waals surface area (Å²) < 4.78 is 1.70. The minimum absolute atomic E-state index is 0.0977. The molecule has 184 valence electrons. The number of halogens is 1. The van der Waals surface area contributed by atoms with Gasteiger partial charge in [-0.15, -0.1) is 0 Å². The van der Waals surface area contributed by atoms with E-state index < -0.39 is 0 Å². The number of rotatable bonds is 6. The van der Waals surface area contributed by atoms with Gasteiger partial charge in [0, 0.05) is 37.6 Å². The lowest BCUT2D eigenvalue weighted by Gasteiger charge is -2.38. The molecule has 1 unspecified atom stereocenters. The zero-order valence-corrected chi connectivity index (χ0v) is 21.1. The molecule has 6 nitrogen and oxygen atoms in total. The summed E-state index contributed by atoms with van der Waals surface area (Å²) in [5, 5.41) is 1.19. The van der Waals surface area contributed by atoms with Crippen molar-refractivity contribution in [1.29, 1.82) is 0 Å². The summed E-state index contributed by atoms with van der Waals surface area (Å²) in [5.41, 5.74) is 2.50. The molecule has 0 bridgehead atoms. The largest absolute Gasteiger partial charge is 0.340 e. The molecule has 1 atom stereocenters. The second kappa shape index (κ2) is 10.6. The highest BCUT2D eigenvalue weighted by Crippen LogP contribution is 2.24. The Morgan fingerprint density at radius 2 is 1.58 bits per heavy atom. The van der Waals surface area contributed by atoms with Crippen molar-refractivity contribution in [2.24, 2.45) is 0 Å². The number of hydrogen-bond acceptors (Lipinski definition) is 4. The molecule has 1 aliphatic rings. The summed E-state index contributed by atoms with van der Waals surface area (Å²) in [5.74, 6) is 0.873. The van der Waals surface area contributed by atoms with Crippen LogP contribution in [0.15, 0.2) is 83.7 Å². The molecule has 1 amide bonds. The third-order valence-corrected chi connectivity index (χ3v) is 7.20. The van der Waals surface area contributed by atoms with Crippen LogP contribution >= 0.6 is 11.6 Å². The van der Waals surface area contributed by atoms with Crippen LogP contribution in [-0.4, -0.2) is 51.4 Å². The van der Waals surface area contributed by atoms with Crippen LogP contribution in [0.4, 0.5) is 0 Å². The van der Waals surface area contributed by atoms with E-state index in [1.165, 1.54) is 5.56 Å². The standard InChI is InChI=1S/C29H29ClN4O2/c1-21(32-17-19-33(20-18-32)27(35)16-11-22-7-3-2-4-8-22)28-31-26-10-6-5-9-25(26)29(36)34(28)24-14-12-23(30)13-15-24/h2-10,12-15,21H,11,16-20H2,1H3. The van der Waals surface area contributed by atoms with Gasteiger partial charge in [-0.05, 0) is 55.3 Å². The molecule has 0 radical (unpaired) electrons. The van der Waals surface area contributed by atoms with Gasteiger partial charge in [0.1, 0.15) is 5.82 Å². The Bertz CT molecular complexity index is 1410. The van der Waals surface area contributed by atoms with Crippen LogP contribution in [0, 0.1) is 0 Å². The molecule has 7 heteroatoms. The van der Waals surface area contributed by atoms with E-state index in [2.05, 4.69) is 24.0 Å². The number of aryl methyl sites for hydroxylation is 1. The zero-order chi connectivity index (χ0) is 25.1. The fourth-order valence-corrected chi connectivity index (χ4v) is 4.97. The molecule has 3 aromatic carbocycles. The lowest BCUT2D eigenvalue weighted by Crippen LogP contribution is -2.50. The van der Waals surface area contributed by atoms with Gasteiger partial charge in [0.15, 0.2) is 0 Å². The van der Waals surface area contributed by atoms with E-state index in [-0.39, 0.29) is 17.5 Å². The average molecular weight is 501 g/mol.